The molecule has 0 aliphatic heterocycles. The number of hydrogen-bond donors (Lipinski definition) is 2. The molecule has 8 heteroatoms. The summed E-state index contributed by atoms with van der Waals surface area (Å²) in [4.78, 5) is 13.3. The number of rotatable bonds is 3. The zero-order valence-corrected chi connectivity index (χ0v) is 13.6. The van der Waals surface area contributed by atoms with E-state index in [1.165, 1.54) is 12.1 Å². The van der Waals surface area contributed by atoms with E-state index in [1.54, 1.807) is 29.7 Å². The van der Waals surface area contributed by atoms with Gasteiger partial charge >= 0.3 is 0 Å². The van der Waals surface area contributed by atoms with Crippen LogP contribution in [0.2, 0.25) is 0 Å². The van der Waals surface area contributed by atoms with Crippen molar-refractivity contribution in [3.8, 4) is 10.6 Å². The molecule has 2 N–H and O–H groups in total. The first kappa shape index (κ1) is 14.1. The Bertz CT molecular complexity index is 1170. The van der Waals surface area contributed by atoms with Crippen LogP contribution in [0.15, 0.2) is 54.0 Å². The summed E-state index contributed by atoms with van der Waals surface area (Å²) < 4.78 is 14.8. The molecule has 5 rings (SSSR count). The Morgan fingerprint density at radius 3 is 2.76 bits per heavy atom. The summed E-state index contributed by atoms with van der Waals surface area (Å²) in [5.41, 5.74) is 3.55. The third-order valence-corrected chi connectivity index (χ3v) is 4.67. The fraction of sp³-hybridized carbons (Fsp3) is 0. The molecule has 0 saturated heterocycles. The summed E-state index contributed by atoms with van der Waals surface area (Å²) in [6.07, 6.45) is 1.79. The Kier molecular flexibility index (Phi) is 3.04. The van der Waals surface area contributed by atoms with Gasteiger partial charge in [-0.05, 0) is 42.5 Å². The van der Waals surface area contributed by atoms with E-state index in [0.717, 1.165) is 27.3 Å². The van der Waals surface area contributed by atoms with Crippen LogP contribution >= 0.6 is 11.3 Å². The van der Waals surface area contributed by atoms with Crippen molar-refractivity contribution in [2.45, 2.75) is 0 Å². The van der Waals surface area contributed by atoms with Crippen LogP contribution in [0.5, 0.6) is 0 Å². The molecule has 0 radical (unpaired) electrons. The van der Waals surface area contributed by atoms with E-state index in [2.05, 4.69) is 25.4 Å². The van der Waals surface area contributed by atoms with E-state index in [1.807, 2.05) is 28.1 Å². The monoisotopic (exact) mass is 350 g/mol. The molecule has 3 aromatic heterocycles. The molecule has 0 fully saturated rings. The molecule has 0 aliphatic rings. The molecular weight excluding hydrogens is 339 g/mol. The lowest BCUT2D eigenvalue weighted by Crippen LogP contribution is -1.93. The second kappa shape index (κ2) is 5.38. The minimum Gasteiger partial charge on any atom is -0.325 e. The second-order valence-corrected chi connectivity index (χ2v) is 6.39. The van der Waals surface area contributed by atoms with E-state index in [-0.39, 0.29) is 5.82 Å². The van der Waals surface area contributed by atoms with Gasteiger partial charge in [0.25, 0.3) is 5.78 Å². The number of fused-ring (bicyclic) bond motifs is 3. The smallest absolute Gasteiger partial charge is 0.253 e. The van der Waals surface area contributed by atoms with Crippen molar-refractivity contribution in [1.29, 1.82) is 0 Å². The number of imidazole rings is 1. The topological polar surface area (TPSA) is 70.9 Å². The maximum atomic E-state index is 13.0. The van der Waals surface area contributed by atoms with Gasteiger partial charge in [-0.1, -0.05) is 0 Å². The highest BCUT2D eigenvalue weighted by Crippen LogP contribution is 2.26. The van der Waals surface area contributed by atoms with Crippen molar-refractivity contribution < 1.29 is 4.39 Å². The predicted octanol–water partition coefficient (Wildman–Crippen LogP) is 4.22. The zero-order valence-electron chi connectivity index (χ0n) is 12.8. The van der Waals surface area contributed by atoms with Crippen molar-refractivity contribution in [1.82, 2.24) is 24.6 Å². The Morgan fingerprint density at radius 2 is 1.96 bits per heavy atom. The number of nitrogens with zero attached hydrogens (tertiary/aromatic N) is 4. The van der Waals surface area contributed by atoms with Crippen LogP contribution in [0.3, 0.4) is 0 Å². The fourth-order valence-corrected chi connectivity index (χ4v) is 3.34. The highest BCUT2D eigenvalue weighted by Gasteiger charge is 2.11. The number of nitrogens with one attached hydrogen (secondary N) is 2. The summed E-state index contributed by atoms with van der Waals surface area (Å²) in [6.45, 7) is 0. The van der Waals surface area contributed by atoms with Crippen LogP contribution < -0.4 is 5.32 Å². The van der Waals surface area contributed by atoms with Crippen molar-refractivity contribution >= 4 is 39.8 Å². The molecule has 0 atom stereocenters. The maximum Gasteiger partial charge on any atom is 0.253 e. The van der Waals surface area contributed by atoms with Gasteiger partial charge in [0.15, 0.2) is 0 Å². The van der Waals surface area contributed by atoms with Crippen molar-refractivity contribution in [2.24, 2.45) is 0 Å². The molecule has 122 valence electrons. The Hall–Kier alpha value is -3.26. The van der Waals surface area contributed by atoms with Gasteiger partial charge in [-0.15, -0.1) is 11.3 Å². The van der Waals surface area contributed by atoms with Gasteiger partial charge in [0, 0.05) is 22.8 Å². The molecule has 6 nitrogen and oxygen atoms in total. The van der Waals surface area contributed by atoms with E-state index in [0.29, 0.717) is 11.7 Å². The summed E-state index contributed by atoms with van der Waals surface area (Å²) in [7, 11) is 0. The van der Waals surface area contributed by atoms with Crippen LogP contribution in [-0.2, 0) is 0 Å². The third-order valence-electron chi connectivity index (χ3n) is 3.85. The highest BCUT2D eigenvalue weighted by atomic mass is 32.1. The molecule has 0 spiro atoms. The Morgan fingerprint density at radius 1 is 1.08 bits per heavy atom. The summed E-state index contributed by atoms with van der Waals surface area (Å²) >= 11 is 1.59. The fourth-order valence-electron chi connectivity index (χ4n) is 2.71. The first-order chi connectivity index (χ1) is 12.3. The Labute approximate surface area is 145 Å². The summed E-state index contributed by atoms with van der Waals surface area (Å²) in [5, 5.41) is 9.18. The van der Waals surface area contributed by atoms with Crippen LogP contribution in [0.25, 0.3) is 27.4 Å². The molecule has 25 heavy (non-hydrogen) atoms. The lowest BCUT2D eigenvalue weighted by molar-refractivity contribution is 0.628. The van der Waals surface area contributed by atoms with Crippen LogP contribution in [0.1, 0.15) is 0 Å². The lowest BCUT2D eigenvalue weighted by atomic mass is 10.2. The molecule has 0 saturated carbocycles. The molecule has 3 heterocycles. The van der Waals surface area contributed by atoms with Crippen molar-refractivity contribution in [3.63, 3.8) is 0 Å². The van der Waals surface area contributed by atoms with Crippen LogP contribution in [0.4, 0.5) is 16.0 Å². The number of aromatic nitrogens is 5. The summed E-state index contributed by atoms with van der Waals surface area (Å²) in [6, 6.07) is 12.1. The molecular formula is C17H11FN6S. The first-order valence-electron chi connectivity index (χ1n) is 7.57. The molecule has 0 unspecified atom stereocenters. The predicted molar refractivity (Wildman–Crippen MR) is 95.6 cm³/mol. The summed E-state index contributed by atoms with van der Waals surface area (Å²) in [5.74, 6) is 0.831. The minimum atomic E-state index is -0.276. The van der Waals surface area contributed by atoms with Gasteiger partial charge in [-0.3, -0.25) is 5.10 Å². The number of thiazole rings is 1. The number of hydrogen-bond acceptors (Lipinski definition) is 5. The average molecular weight is 350 g/mol. The quantitative estimate of drug-likeness (QED) is 0.511. The SMILES string of the molecule is Fc1ccc(Nc2nc3nc4cc(-c5nccs5)ccc4n3[nH]2)cc1. The molecule has 0 aliphatic carbocycles. The second-order valence-electron chi connectivity index (χ2n) is 5.49. The third kappa shape index (κ3) is 2.43. The first-order valence-corrected chi connectivity index (χ1v) is 8.45. The largest absolute Gasteiger partial charge is 0.325 e. The Balaban J connectivity index is 1.53. The van der Waals surface area contributed by atoms with Crippen molar-refractivity contribution in [3.05, 3.63) is 59.9 Å². The lowest BCUT2D eigenvalue weighted by Gasteiger charge is -2.01. The van der Waals surface area contributed by atoms with Gasteiger partial charge < -0.3 is 5.32 Å². The highest BCUT2D eigenvalue weighted by molar-refractivity contribution is 7.13. The van der Waals surface area contributed by atoms with E-state index in [4.69, 9.17) is 0 Å². The van der Waals surface area contributed by atoms with E-state index >= 15 is 0 Å². The molecule has 0 amide bonds. The standard InChI is InChI=1S/C17H11FN6S/c18-11-2-4-12(5-3-11)20-16-22-17-21-13-9-10(15-19-7-8-25-15)1-6-14(13)24(17)23-16/h1-9H,(H2,20,21,22,23). The zero-order chi connectivity index (χ0) is 16.8. The minimum absolute atomic E-state index is 0.276. The van der Waals surface area contributed by atoms with Crippen LogP contribution in [-0.4, -0.2) is 24.6 Å². The molecule has 5 aromatic rings. The average Bonchev–Trinajstić information content (AvgIpc) is 3.32. The van der Waals surface area contributed by atoms with Gasteiger partial charge in [0.1, 0.15) is 10.8 Å². The normalized spacial score (nSPS) is 11.4. The number of H-pyrrole nitrogens is 1. The number of benzene rings is 2. The van der Waals surface area contributed by atoms with Gasteiger partial charge in [-0.2, -0.15) is 4.98 Å². The maximum absolute atomic E-state index is 13.0. The van der Waals surface area contributed by atoms with Crippen molar-refractivity contribution in [2.75, 3.05) is 5.32 Å². The van der Waals surface area contributed by atoms with E-state index < -0.39 is 0 Å². The number of anilines is 2. The number of halogens is 1. The van der Waals surface area contributed by atoms with Gasteiger partial charge in [0.2, 0.25) is 5.95 Å². The molecule has 0 bridgehead atoms. The molecule has 2 aromatic carbocycles. The number of aromatic amines is 1. The van der Waals surface area contributed by atoms with Gasteiger partial charge in [-0.25, -0.2) is 18.9 Å². The van der Waals surface area contributed by atoms with Gasteiger partial charge in [0.05, 0.1) is 11.0 Å². The van der Waals surface area contributed by atoms with E-state index in [9.17, 15) is 4.39 Å². The van der Waals surface area contributed by atoms with Crippen LogP contribution in [0, 0.1) is 5.82 Å².